The van der Waals surface area contributed by atoms with Crippen LogP contribution >= 0.6 is 11.3 Å². The minimum Gasteiger partial charge on any atom is -0.508 e. The van der Waals surface area contributed by atoms with Crippen LogP contribution in [0.5, 0.6) is 5.75 Å². The van der Waals surface area contributed by atoms with E-state index in [4.69, 9.17) is 5.11 Å². The second-order valence-corrected chi connectivity index (χ2v) is 5.72. The Hall–Kier alpha value is -1.93. The van der Waals surface area contributed by atoms with Gasteiger partial charge in [-0.1, -0.05) is 0 Å². The third-order valence-electron chi connectivity index (χ3n) is 2.19. The highest BCUT2D eigenvalue weighted by molar-refractivity contribution is 7.71. The summed E-state index contributed by atoms with van der Waals surface area (Å²) in [4.78, 5) is 16.3. The van der Waals surface area contributed by atoms with Crippen LogP contribution in [0.15, 0.2) is 30.5 Å². The molecule has 0 bridgehead atoms. The first-order chi connectivity index (χ1) is 9.04. The standard InChI is InChI=1S/C11H10N2O4S2/c14-8-3-1-7(2-4-8)10(15)13-11-12-5-9(18-11)6-19(16)17/h1-5,14,19H,6H2,(H,12,13,15). The molecule has 0 spiro atoms. The van der Waals surface area contributed by atoms with Gasteiger partial charge in [-0.15, -0.1) is 11.3 Å². The van der Waals surface area contributed by atoms with E-state index in [2.05, 4.69) is 10.3 Å². The predicted molar refractivity (Wildman–Crippen MR) is 72.2 cm³/mol. The topological polar surface area (TPSA) is 96.4 Å². The number of amides is 1. The third kappa shape index (κ3) is 3.76. The highest BCUT2D eigenvalue weighted by Gasteiger charge is 2.09. The van der Waals surface area contributed by atoms with Crippen molar-refractivity contribution in [1.82, 2.24) is 4.98 Å². The number of nitrogens with one attached hydrogen (secondary N) is 1. The van der Waals surface area contributed by atoms with Crippen LogP contribution in [0, 0.1) is 0 Å². The van der Waals surface area contributed by atoms with Gasteiger partial charge >= 0.3 is 0 Å². The summed E-state index contributed by atoms with van der Waals surface area (Å²) >= 11 is 1.11. The van der Waals surface area contributed by atoms with E-state index in [1.54, 1.807) is 0 Å². The first kappa shape index (κ1) is 13.5. The van der Waals surface area contributed by atoms with Crippen LogP contribution in [-0.2, 0) is 16.5 Å². The Bertz CT molecular complexity index is 654. The summed E-state index contributed by atoms with van der Waals surface area (Å²) in [5, 5.41) is 12.0. The zero-order valence-electron chi connectivity index (χ0n) is 9.57. The number of aromatic nitrogens is 1. The first-order valence-corrected chi connectivity index (χ1v) is 7.39. The molecule has 0 fully saturated rings. The molecule has 0 aliphatic heterocycles. The molecule has 1 amide bonds. The van der Waals surface area contributed by atoms with Gasteiger partial charge in [-0.3, -0.25) is 10.1 Å². The molecular weight excluding hydrogens is 288 g/mol. The SMILES string of the molecule is O=C(Nc1ncc(C[SH](=O)=O)s1)c1ccc(O)cc1. The Morgan fingerprint density at radius 2 is 2.00 bits per heavy atom. The van der Waals surface area contributed by atoms with Crippen LogP contribution in [0.2, 0.25) is 0 Å². The average Bonchev–Trinajstić information content (AvgIpc) is 2.76. The third-order valence-corrected chi connectivity index (χ3v) is 3.91. The normalized spacial score (nSPS) is 10.6. The Morgan fingerprint density at radius 1 is 1.32 bits per heavy atom. The summed E-state index contributed by atoms with van der Waals surface area (Å²) in [7, 11) is -2.50. The van der Waals surface area contributed by atoms with E-state index in [1.807, 2.05) is 0 Å². The van der Waals surface area contributed by atoms with E-state index in [-0.39, 0.29) is 17.4 Å². The van der Waals surface area contributed by atoms with Crippen molar-refractivity contribution >= 4 is 33.1 Å². The maximum Gasteiger partial charge on any atom is 0.257 e. The van der Waals surface area contributed by atoms with Crippen molar-refractivity contribution < 1.29 is 18.3 Å². The average molecular weight is 298 g/mol. The number of rotatable bonds is 4. The van der Waals surface area contributed by atoms with Crippen molar-refractivity contribution in [3.05, 3.63) is 40.9 Å². The molecule has 0 saturated carbocycles. The fourth-order valence-corrected chi connectivity index (χ4v) is 2.86. The molecule has 6 nitrogen and oxygen atoms in total. The highest BCUT2D eigenvalue weighted by atomic mass is 32.2. The summed E-state index contributed by atoms with van der Waals surface area (Å²) in [6, 6.07) is 5.77. The minimum absolute atomic E-state index is 0.0762. The molecule has 1 aromatic carbocycles. The fourth-order valence-electron chi connectivity index (χ4n) is 1.35. The number of nitrogens with zero attached hydrogens (tertiary/aromatic N) is 1. The van der Waals surface area contributed by atoms with Crippen molar-refractivity contribution in [2.24, 2.45) is 0 Å². The van der Waals surface area contributed by atoms with Gasteiger partial charge in [-0.05, 0) is 24.3 Å². The zero-order valence-corrected chi connectivity index (χ0v) is 11.3. The first-order valence-electron chi connectivity index (χ1n) is 5.21. The summed E-state index contributed by atoms with van der Waals surface area (Å²) in [6.07, 6.45) is 1.42. The van der Waals surface area contributed by atoms with E-state index in [1.165, 1.54) is 30.5 Å². The molecule has 100 valence electrons. The number of benzene rings is 1. The smallest absolute Gasteiger partial charge is 0.257 e. The molecule has 1 aromatic heterocycles. The van der Waals surface area contributed by atoms with Crippen LogP contribution in [0.25, 0.3) is 0 Å². The largest absolute Gasteiger partial charge is 0.508 e. The predicted octanol–water partition coefficient (Wildman–Crippen LogP) is 1.21. The summed E-state index contributed by atoms with van der Waals surface area (Å²) in [5.74, 6) is -0.373. The van der Waals surface area contributed by atoms with Crippen LogP contribution < -0.4 is 5.32 Å². The number of carbonyl (C=O) groups excluding carboxylic acids is 1. The van der Waals surface area contributed by atoms with Gasteiger partial charge < -0.3 is 5.11 Å². The number of aromatic hydroxyl groups is 1. The number of carbonyl (C=O) groups is 1. The summed E-state index contributed by atoms with van der Waals surface area (Å²) < 4.78 is 21.1. The van der Waals surface area contributed by atoms with E-state index in [9.17, 15) is 13.2 Å². The number of phenolic OH excluding ortho intramolecular Hbond substituents is 1. The van der Waals surface area contributed by atoms with Crippen molar-refractivity contribution in [1.29, 1.82) is 0 Å². The molecule has 0 aliphatic carbocycles. The lowest BCUT2D eigenvalue weighted by Crippen LogP contribution is -2.11. The van der Waals surface area contributed by atoms with E-state index in [0.29, 0.717) is 15.6 Å². The van der Waals surface area contributed by atoms with E-state index in [0.717, 1.165) is 11.3 Å². The van der Waals surface area contributed by atoms with Crippen LogP contribution in [-0.4, -0.2) is 24.4 Å². The quantitative estimate of drug-likeness (QED) is 0.737. The van der Waals surface area contributed by atoms with Gasteiger partial charge in [0.05, 0.1) is 5.75 Å². The molecule has 0 atom stereocenters. The second kappa shape index (κ2) is 5.81. The molecule has 1 heterocycles. The number of thiazole rings is 1. The highest BCUT2D eigenvalue weighted by Crippen LogP contribution is 2.19. The fraction of sp³-hybridized carbons (Fsp3) is 0.0909. The molecule has 8 heteroatoms. The van der Waals surface area contributed by atoms with Crippen molar-refractivity contribution in [2.45, 2.75) is 5.75 Å². The lowest BCUT2D eigenvalue weighted by Gasteiger charge is -2.01. The van der Waals surface area contributed by atoms with E-state index < -0.39 is 10.7 Å². The molecule has 2 rings (SSSR count). The van der Waals surface area contributed by atoms with Crippen LogP contribution in [0.4, 0.5) is 5.13 Å². The second-order valence-electron chi connectivity index (χ2n) is 3.62. The molecule has 19 heavy (non-hydrogen) atoms. The Labute approximate surface area is 114 Å². The molecule has 0 aliphatic rings. The van der Waals surface area contributed by atoms with Gasteiger partial charge in [0.2, 0.25) is 0 Å². The molecular formula is C11H10N2O4S2. The number of phenols is 1. The summed E-state index contributed by atoms with van der Waals surface area (Å²) in [5.41, 5.74) is 0.379. The number of anilines is 1. The number of hydrogen-bond donors (Lipinski definition) is 3. The molecule has 0 saturated heterocycles. The van der Waals surface area contributed by atoms with E-state index >= 15 is 0 Å². The van der Waals surface area contributed by atoms with Gasteiger partial charge in [-0.2, -0.15) is 0 Å². The zero-order chi connectivity index (χ0) is 13.8. The number of thiol groups is 1. The van der Waals surface area contributed by atoms with Gasteiger partial charge in [0.1, 0.15) is 16.5 Å². The van der Waals surface area contributed by atoms with Gasteiger partial charge in [0.15, 0.2) is 5.13 Å². The number of hydrogen-bond acceptors (Lipinski definition) is 6. The Morgan fingerprint density at radius 3 is 2.63 bits per heavy atom. The molecule has 2 aromatic rings. The van der Waals surface area contributed by atoms with Gasteiger partial charge in [0.25, 0.3) is 5.91 Å². The van der Waals surface area contributed by atoms with Crippen molar-refractivity contribution in [3.8, 4) is 5.75 Å². The Balaban J connectivity index is 2.06. The van der Waals surface area contributed by atoms with Crippen LogP contribution in [0.1, 0.15) is 15.2 Å². The van der Waals surface area contributed by atoms with Crippen molar-refractivity contribution in [2.75, 3.05) is 5.32 Å². The maximum atomic E-state index is 11.8. The van der Waals surface area contributed by atoms with Gasteiger partial charge in [0, 0.05) is 16.6 Å². The monoisotopic (exact) mass is 298 g/mol. The van der Waals surface area contributed by atoms with Crippen LogP contribution in [0.3, 0.4) is 0 Å². The van der Waals surface area contributed by atoms with Gasteiger partial charge in [-0.25, -0.2) is 13.4 Å². The van der Waals surface area contributed by atoms with Crippen molar-refractivity contribution in [3.63, 3.8) is 0 Å². The Kier molecular flexibility index (Phi) is 4.13. The summed E-state index contributed by atoms with van der Waals surface area (Å²) in [6.45, 7) is 0. The lowest BCUT2D eigenvalue weighted by molar-refractivity contribution is 0.102. The molecule has 0 radical (unpaired) electrons. The lowest BCUT2D eigenvalue weighted by atomic mass is 10.2. The minimum atomic E-state index is -2.50. The molecule has 2 N–H and O–H groups in total. The molecule has 0 unspecified atom stereocenters. The maximum absolute atomic E-state index is 11.8.